The number of fused-ring (bicyclic) bond motifs is 1. The Morgan fingerprint density at radius 3 is 2.69 bits per heavy atom. The summed E-state index contributed by atoms with van der Waals surface area (Å²) in [6.45, 7) is 1.15. The van der Waals surface area contributed by atoms with Gasteiger partial charge >= 0.3 is 0 Å². The highest BCUT2D eigenvalue weighted by Crippen LogP contribution is 2.21. The van der Waals surface area contributed by atoms with E-state index in [1.807, 2.05) is 42.5 Å². The SMILES string of the molecule is CN(C)S(=O)(=O)N1CCCC(C(=O)NCc2cccc3ccccc23)C1. The molecule has 2 aromatic carbocycles. The molecule has 1 fully saturated rings. The van der Waals surface area contributed by atoms with Gasteiger partial charge in [0.1, 0.15) is 0 Å². The molecule has 0 saturated carbocycles. The molecule has 2 aromatic rings. The number of piperidine rings is 1. The van der Waals surface area contributed by atoms with E-state index in [1.165, 1.54) is 22.7 Å². The minimum absolute atomic E-state index is 0.0865. The van der Waals surface area contributed by atoms with Crippen molar-refractivity contribution in [2.75, 3.05) is 27.2 Å². The van der Waals surface area contributed by atoms with E-state index in [-0.39, 0.29) is 18.4 Å². The molecule has 1 unspecified atom stereocenters. The van der Waals surface area contributed by atoms with Crippen LogP contribution in [0.4, 0.5) is 0 Å². The van der Waals surface area contributed by atoms with E-state index in [4.69, 9.17) is 0 Å². The molecular formula is C19H25N3O3S. The minimum Gasteiger partial charge on any atom is -0.352 e. The third-order valence-corrected chi connectivity index (χ3v) is 6.78. The maximum Gasteiger partial charge on any atom is 0.281 e. The highest BCUT2D eigenvalue weighted by atomic mass is 32.2. The lowest BCUT2D eigenvalue weighted by Crippen LogP contribution is -2.48. The van der Waals surface area contributed by atoms with Crippen molar-refractivity contribution in [1.29, 1.82) is 0 Å². The maximum atomic E-state index is 12.6. The monoisotopic (exact) mass is 375 g/mol. The summed E-state index contributed by atoms with van der Waals surface area (Å²) in [6, 6.07) is 14.1. The first-order valence-electron chi connectivity index (χ1n) is 8.81. The van der Waals surface area contributed by atoms with Gasteiger partial charge in [-0.15, -0.1) is 0 Å². The summed E-state index contributed by atoms with van der Waals surface area (Å²) in [4.78, 5) is 12.6. The fourth-order valence-corrected chi connectivity index (χ4v) is 4.56. The Kier molecular flexibility index (Phi) is 5.60. The van der Waals surface area contributed by atoms with E-state index >= 15 is 0 Å². The van der Waals surface area contributed by atoms with E-state index in [2.05, 4.69) is 5.32 Å². The van der Waals surface area contributed by atoms with Crippen LogP contribution in [0.5, 0.6) is 0 Å². The third-order valence-electron chi connectivity index (χ3n) is 4.88. The number of benzene rings is 2. The van der Waals surface area contributed by atoms with E-state index in [0.29, 0.717) is 25.9 Å². The second-order valence-electron chi connectivity index (χ2n) is 6.84. The largest absolute Gasteiger partial charge is 0.352 e. The molecule has 0 aliphatic carbocycles. The molecule has 0 spiro atoms. The molecule has 1 aliphatic rings. The van der Waals surface area contributed by atoms with Crippen LogP contribution in [0.25, 0.3) is 10.8 Å². The summed E-state index contributed by atoms with van der Waals surface area (Å²) >= 11 is 0. The van der Waals surface area contributed by atoms with Crippen molar-refractivity contribution in [2.24, 2.45) is 5.92 Å². The molecule has 1 aliphatic heterocycles. The number of hydrogen-bond donors (Lipinski definition) is 1. The summed E-state index contributed by atoms with van der Waals surface area (Å²) < 4.78 is 27.2. The van der Waals surface area contributed by atoms with Gasteiger partial charge in [0, 0.05) is 33.7 Å². The fourth-order valence-electron chi connectivity index (χ4n) is 3.37. The van der Waals surface area contributed by atoms with Crippen molar-refractivity contribution in [2.45, 2.75) is 19.4 Å². The minimum atomic E-state index is -3.48. The molecule has 0 bridgehead atoms. The van der Waals surface area contributed by atoms with Crippen LogP contribution in [-0.2, 0) is 21.5 Å². The average Bonchev–Trinajstić information content (AvgIpc) is 2.66. The van der Waals surface area contributed by atoms with Gasteiger partial charge in [0.25, 0.3) is 10.2 Å². The number of hydrogen-bond acceptors (Lipinski definition) is 3. The highest BCUT2D eigenvalue weighted by molar-refractivity contribution is 7.86. The zero-order valence-electron chi connectivity index (χ0n) is 15.2. The Hall–Kier alpha value is -1.96. The molecule has 1 heterocycles. The van der Waals surface area contributed by atoms with Crippen molar-refractivity contribution in [1.82, 2.24) is 13.9 Å². The molecular weight excluding hydrogens is 350 g/mol. The maximum absolute atomic E-state index is 12.6. The first-order valence-corrected chi connectivity index (χ1v) is 10.2. The van der Waals surface area contributed by atoms with Gasteiger partial charge in [0.2, 0.25) is 5.91 Å². The lowest BCUT2D eigenvalue weighted by molar-refractivity contribution is -0.126. The van der Waals surface area contributed by atoms with Gasteiger partial charge in [-0.3, -0.25) is 4.79 Å². The molecule has 1 atom stereocenters. The van der Waals surface area contributed by atoms with Crippen LogP contribution in [0.2, 0.25) is 0 Å². The van der Waals surface area contributed by atoms with Crippen molar-refractivity contribution in [3.8, 4) is 0 Å². The number of carbonyl (C=O) groups is 1. The smallest absolute Gasteiger partial charge is 0.281 e. The number of rotatable bonds is 5. The van der Waals surface area contributed by atoms with Crippen molar-refractivity contribution in [3.63, 3.8) is 0 Å². The van der Waals surface area contributed by atoms with Crippen LogP contribution in [0.15, 0.2) is 42.5 Å². The summed E-state index contributed by atoms with van der Waals surface area (Å²) in [6.07, 6.45) is 1.40. The van der Waals surface area contributed by atoms with Gasteiger partial charge in [-0.05, 0) is 29.2 Å². The molecule has 6 nitrogen and oxygen atoms in total. The van der Waals surface area contributed by atoms with Gasteiger partial charge < -0.3 is 5.32 Å². The van der Waals surface area contributed by atoms with Crippen LogP contribution in [0.3, 0.4) is 0 Å². The van der Waals surface area contributed by atoms with E-state index < -0.39 is 10.2 Å². The number of carbonyl (C=O) groups excluding carboxylic acids is 1. The predicted octanol–water partition coefficient (Wildman–Crippen LogP) is 1.97. The van der Waals surface area contributed by atoms with Crippen molar-refractivity contribution >= 4 is 26.9 Å². The summed E-state index contributed by atoms with van der Waals surface area (Å²) in [5.74, 6) is -0.398. The normalized spacial score (nSPS) is 19.0. The molecule has 0 aromatic heterocycles. The van der Waals surface area contributed by atoms with Gasteiger partial charge in [-0.25, -0.2) is 0 Å². The Balaban J connectivity index is 1.66. The summed E-state index contributed by atoms with van der Waals surface area (Å²) in [5.41, 5.74) is 1.06. The van der Waals surface area contributed by atoms with E-state index in [9.17, 15) is 13.2 Å². The molecule has 1 saturated heterocycles. The lowest BCUT2D eigenvalue weighted by Gasteiger charge is -2.32. The predicted molar refractivity (Wildman–Crippen MR) is 103 cm³/mol. The quantitative estimate of drug-likeness (QED) is 0.869. The average molecular weight is 375 g/mol. The Morgan fingerprint density at radius 1 is 1.19 bits per heavy atom. The summed E-state index contributed by atoms with van der Waals surface area (Å²) in [5, 5.41) is 5.25. The summed E-state index contributed by atoms with van der Waals surface area (Å²) in [7, 11) is -0.449. The molecule has 7 heteroatoms. The second-order valence-corrected chi connectivity index (χ2v) is 8.99. The van der Waals surface area contributed by atoms with Crippen LogP contribution in [0.1, 0.15) is 18.4 Å². The first kappa shape index (κ1) is 18.8. The van der Waals surface area contributed by atoms with Crippen molar-refractivity contribution < 1.29 is 13.2 Å². The van der Waals surface area contributed by atoms with Crippen LogP contribution >= 0.6 is 0 Å². The topological polar surface area (TPSA) is 69.7 Å². The molecule has 3 rings (SSSR count). The van der Waals surface area contributed by atoms with Crippen LogP contribution < -0.4 is 5.32 Å². The first-order chi connectivity index (χ1) is 12.4. The standard InChI is InChI=1S/C19H25N3O3S/c1-21(2)26(24,25)22-12-6-10-17(14-22)19(23)20-13-16-9-5-8-15-7-3-4-11-18(15)16/h3-5,7-9,11,17H,6,10,12-14H2,1-2H3,(H,20,23). The van der Waals surface area contributed by atoms with Crippen molar-refractivity contribution in [3.05, 3.63) is 48.0 Å². The van der Waals surface area contributed by atoms with Gasteiger partial charge in [-0.1, -0.05) is 42.5 Å². The number of amides is 1. The fraction of sp³-hybridized carbons (Fsp3) is 0.421. The second kappa shape index (κ2) is 7.73. The van der Waals surface area contributed by atoms with Gasteiger partial charge in [-0.2, -0.15) is 17.0 Å². The van der Waals surface area contributed by atoms with E-state index in [0.717, 1.165) is 16.3 Å². The number of nitrogens with one attached hydrogen (secondary N) is 1. The van der Waals surface area contributed by atoms with Gasteiger partial charge in [0.05, 0.1) is 5.92 Å². The van der Waals surface area contributed by atoms with Crippen LogP contribution in [-0.4, -0.2) is 50.1 Å². The lowest BCUT2D eigenvalue weighted by atomic mass is 9.98. The Bertz CT molecular complexity index is 891. The van der Waals surface area contributed by atoms with Gasteiger partial charge in [0.15, 0.2) is 0 Å². The van der Waals surface area contributed by atoms with Crippen LogP contribution in [0, 0.1) is 5.92 Å². The molecule has 26 heavy (non-hydrogen) atoms. The number of nitrogens with zero attached hydrogens (tertiary/aromatic N) is 2. The molecule has 140 valence electrons. The Labute approximate surface area is 155 Å². The van der Waals surface area contributed by atoms with E-state index in [1.54, 1.807) is 0 Å². The Morgan fingerprint density at radius 2 is 1.92 bits per heavy atom. The molecule has 1 N–H and O–H groups in total. The zero-order chi connectivity index (χ0) is 18.7. The third kappa shape index (κ3) is 3.90. The zero-order valence-corrected chi connectivity index (χ0v) is 16.0. The highest BCUT2D eigenvalue weighted by Gasteiger charge is 2.33. The molecule has 0 radical (unpaired) electrons. The molecule has 1 amide bonds.